The Kier molecular flexibility index (Phi) is 6.02. The molecule has 2 unspecified atom stereocenters. The van der Waals surface area contributed by atoms with Gasteiger partial charge in [0.15, 0.2) is 0 Å². The molecule has 1 N–H and O–H groups in total. The van der Waals surface area contributed by atoms with Crippen LogP contribution in [0.3, 0.4) is 0 Å². The van der Waals surface area contributed by atoms with Crippen molar-refractivity contribution in [1.29, 1.82) is 0 Å². The summed E-state index contributed by atoms with van der Waals surface area (Å²) in [7, 11) is 2.22. The van der Waals surface area contributed by atoms with Crippen LogP contribution in [0.5, 0.6) is 0 Å². The number of likely N-dealkylation sites (N-methyl/N-ethyl adjacent to an activating group) is 2. The Hall–Kier alpha value is -0.900. The third kappa shape index (κ3) is 3.60. The zero-order valence-electron chi connectivity index (χ0n) is 13.1. The molecular formula is C17H28N2O. The molecular weight excluding hydrogens is 248 g/mol. The minimum Gasteiger partial charge on any atom is -0.380 e. The third-order valence-electron chi connectivity index (χ3n) is 4.27. The van der Waals surface area contributed by atoms with Crippen molar-refractivity contribution in [3.05, 3.63) is 35.4 Å². The maximum atomic E-state index is 5.50. The highest BCUT2D eigenvalue weighted by atomic mass is 16.5. The Labute approximate surface area is 123 Å². The third-order valence-corrected chi connectivity index (χ3v) is 4.27. The van der Waals surface area contributed by atoms with E-state index in [1.54, 1.807) is 0 Å². The number of nitrogens with zero attached hydrogens (tertiary/aromatic N) is 1. The van der Waals surface area contributed by atoms with Crippen molar-refractivity contribution in [2.24, 2.45) is 0 Å². The summed E-state index contributed by atoms with van der Waals surface area (Å²) in [5.74, 6) is 0. The van der Waals surface area contributed by atoms with Gasteiger partial charge in [-0.05, 0) is 44.5 Å². The summed E-state index contributed by atoms with van der Waals surface area (Å²) in [6.45, 7) is 7.88. The van der Waals surface area contributed by atoms with E-state index >= 15 is 0 Å². The summed E-state index contributed by atoms with van der Waals surface area (Å²) >= 11 is 0. The molecule has 2 atom stereocenters. The molecule has 1 aromatic carbocycles. The summed E-state index contributed by atoms with van der Waals surface area (Å²) in [4.78, 5) is 2.46. The SMILES string of the molecule is CCNC1c2ccccc2CCC1N(C)CCOCC. The lowest BCUT2D eigenvalue weighted by atomic mass is 9.83. The van der Waals surface area contributed by atoms with Crippen molar-refractivity contribution in [2.45, 2.75) is 38.8 Å². The van der Waals surface area contributed by atoms with Crippen LogP contribution in [0.15, 0.2) is 24.3 Å². The van der Waals surface area contributed by atoms with Gasteiger partial charge in [-0.2, -0.15) is 0 Å². The number of nitrogens with one attached hydrogen (secondary N) is 1. The second-order valence-electron chi connectivity index (χ2n) is 5.52. The lowest BCUT2D eigenvalue weighted by Gasteiger charge is -2.39. The van der Waals surface area contributed by atoms with Crippen LogP contribution >= 0.6 is 0 Å². The molecule has 0 saturated carbocycles. The van der Waals surface area contributed by atoms with Gasteiger partial charge in [0.2, 0.25) is 0 Å². The molecule has 0 bridgehead atoms. The number of rotatable bonds is 7. The fourth-order valence-corrected chi connectivity index (χ4v) is 3.20. The second kappa shape index (κ2) is 7.77. The molecule has 1 aliphatic rings. The molecule has 0 saturated heterocycles. The van der Waals surface area contributed by atoms with Gasteiger partial charge in [0.25, 0.3) is 0 Å². The van der Waals surface area contributed by atoms with Crippen LogP contribution in [-0.2, 0) is 11.2 Å². The van der Waals surface area contributed by atoms with Crippen LogP contribution in [0.2, 0.25) is 0 Å². The predicted molar refractivity (Wildman–Crippen MR) is 84.1 cm³/mol. The molecule has 0 spiro atoms. The quantitative estimate of drug-likeness (QED) is 0.775. The molecule has 0 fully saturated rings. The van der Waals surface area contributed by atoms with Gasteiger partial charge in [-0.3, -0.25) is 4.90 Å². The van der Waals surface area contributed by atoms with E-state index in [-0.39, 0.29) is 0 Å². The summed E-state index contributed by atoms with van der Waals surface area (Å²) in [6, 6.07) is 9.87. The van der Waals surface area contributed by atoms with Crippen LogP contribution in [0.4, 0.5) is 0 Å². The van der Waals surface area contributed by atoms with Crippen LogP contribution in [0.25, 0.3) is 0 Å². The van der Waals surface area contributed by atoms with E-state index in [2.05, 4.69) is 55.4 Å². The minimum absolute atomic E-state index is 0.441. The Morgan fingerprint density at radius 2 is 2.10 bits per heavy atom. The van der Waals surface area contributed by atoms with Crippen LogP contribution in [-0.4, -0.2) is 44.3 Å². The number of fused-ring (bicyclic) bond motifs is 1. The molecule has 1 aliphatic carbocycles. The first kappa shape index (κ1) is 15.5. The molecule has 1 aromatic rings. The molecule has 3 nitrogen and oxygen atoms in total. The molecule has 20 heavy (non-hydrogen) atoms. The van der Waals surface area contributed by atoms with Gasteiger partial charge >= 0.3 is 0 Å². The fourth-order valence-electron chi connectivity index (χ4n) is 3.20. The molecule has 0 radical (unpaired) electrons. The summed E-state index contributed by atoms with van der Waals surface area (Å²) in [5, 5.41) is 3.68. The summed E-state index contributed by atoms with van der Waals surface area (Å²) in [6.07, 6.45) is 2.40. The Bertz CT molecular complexity index is 408. The van der Waals surface area contributed by atoms with Gasteiger partial charge in [0.05, 0.1) is 6.61 Å². The Morgan fingerprint density at radius 3 is 2.85 bits per heavy atom. The standard InChI is InChI=1S/C17H28N2O/c1-4-18-17-15-9-7-6-8-14(15)10-11-16(17)19(3)12-13-20-5-2/h6-9,16-18H,4-5,10-13H2,1-3H3. The average Bonchev–Trinajstić information content (AvgIpc) is 2.48. The van der Waals surface area contributed by atoms with Crippen molar-refractivity contribution in [2.75, 3.05) is 33.4 Å². The van der Waals surface area contributed by atoms with E-state index in [0.29, 0.717) is 12.1 Å². The van der Waals surface area contributed by atoms with E-state index in [1.807, 2.05) is 0 Å². The first-order valence-electron chi connectivity index (χ1n) is 7.87. The van der Waals surface area contributed by atoms with E-state index < -0.39 is 0 Å². The van der Waals surface area contributed by atoms with Crippen LogP contribution in [0, 0.1) is 0 Å². The Balaban J connectivity index is 2.09. The minimum atomic E-state index is 0.441. The first-order chi connectivity index (χ1) is 9.77. The number of ether oxygens (including phenoxy) is 1. The maximum Gasteiger partial charge on any atom is 0.0593 e. The van der Waals surface area contributed by atoms with E-state index in [4.69, 9.17) is 4.74 Å². The zero-order valence-corrected chi connectivity index (χ0v) is 13.1. The molecule has 2 rings (SSSR count). The van der Waals surface area contributed by atoms with Crippen molar-refractivity contribution >= 4 is 0 Å². The molecule has 3 heteroatoms. The fraction of sp³-hybridized carbons (Fsp3) is 0.647. The van der Waals surface area contributed by atoms with Crippen LogP contribution in [0.1, 0.15) is 37.4 Å². The van der Waals surface area contributed by atoms with Gasteiger partial charge in [-0.1, -0.05) is 31.2 Å². The number of benzene rings is 1. The van der Waals surface area contributed by atoms with E-state index in [1.165, 1.54) is 24.0 Å². The monoisotopic (exact) mass is 276 g/mol. The van der Waals surface area contributed by atoms with E-state index in [0.717, 1.165) is 26.3 Å². The highest BCUT2D eigenvalue weighted by Crippen LogP contribution is 2.32. The van der Waals surface area contributed by atoms with Gasteiger partial charge in [0, 0.05) is 25.2 Å². The summed E-state index contributed by atoms with van der Waals surface area (Å²) in [5.41, 5.74) is 2.99. The molecule has 0 aromatic heterocycles. The van der Waals surface area contributed by atoms with E-state index in [9.17, 15) is 0 Å². The average molecular weight is 276 g/mol. The van der Waals surface area contributed by atoms with Gasteiger partial charge < -0.3 is 10.1 Å². The number of hydrogen-bond donors (Lipinski definition) is 1. The molecule has 0 amide bonds. The number of hydrogen-bond acceptors (Lipinski definition) is 3. The molecule has 0 aliphatic heterocycles. The zero-order chi connectivity index (χ0) is 14.4. The van der Waals surface area contributed by atoms with Crippen molar-refractivity contribution in [3.8, 4) is 0 Å². The van der Waals surface area contributed by atoms with Gasteiger partial charge in [0.1, 0.15) is 0 Å². The van der Waals surface area contributed by atoms with Crippen molar-refractivity contribution in [3.63, 3.8) is 0 Å². The topological polar surface area (TPSA) is 24.5 Å². The second-order valence-corrected chi connectivity index (χ2v) is 5.52. The van der Waals surface area contributed by atoms with Crippen molar-refractivity contribution in [1.82, 2.24) is 10.2 Å². The van der Waals surface area contributed by atoms with Gasteiger partial charge in [-0.25, -0.2) is 0 Å². The molecule has 0 heterocycles. The normalized spacial score (nSPS) is 22.0. The van der Waals surface area contributed by atoms with Gasteiger partial charge in [-0.15, -0.1) is 0 Å². The highest BCUT2D eigenvalue weighted by molar-refractivity contribution is 5.34. The highest BCUT2D eigenvalue weighted by Gasteiger charge is 2.31. The Morgan fingerprint density at radius 1 is 1.30 bits per heavy atom. The van der Waals surface area contributed by atoms with Crippen LogP contribution < -0.4 is 5.32 Å². The largest absolute Gasteiger partial charge is 0.380 e. The van der Waals surface area contributed by atoms with Crippen molar-refractivity contribution < 1.29 is 4.74 Å². The maximum absolute atomic E-state index is 5.50. The molecule has 112 valence electrons. The number of aryl methyl sites for hydroxylation is 1. The first-order valence-corrected chi connectivity index (χ1v) is 7.87. The summed E-state index contributed by atoms with van der Waals surface area (Å²) < 4.78 is 5.50. The lowest BCUT2D eigenvalue weighted by molar-refractivity contribution is 0.0921. The predicted octanol–water partition coefficient (Wildman–Crippen LogP) is 2.62. The smallest absolute Gasteiger partial charge is 0.0593 e. The lowest BCUT2D eigenvalue weighted by Crippen LogP contribution is -2.46.